The Morgan fingerprint density at radius 3 is 2.45 bits per heavy atom. The number of halogens is 1. The van der Waals surface area contributed by atoms with E-state index < -0.39 is 0 Å². The molecule has 20 heavy (non-hydrogen) atoms. The molecule has 0 fully saturated rings. The minimum Gasteiger partial charge on any atom is -0.324 e. The second-order valence-corrected chi connectivity index (χ2v) is 5.68. The van der Waals surface area contributed by atoms with Gasteiger partial charge in [0.15, 0.2) is 0 Å². The van der Waals surface area contributed by atoms with Crippen LogP contribution in [0, 0.1) is 13.8 Å². The number of carbonyl (C=O) groups is 1. The van der Waals surface area contributed by atoms with Crippen LogP contribution in [0.5, 0.6) is 0 Å². The molecule has 0 radical (unpaired) electrons. The molecule has 0 spiro atoms. The first-order valence-electron chi connectivity index (χ1n) is 7.15. The number of unbranched alkanes of at least 4 members (excludes halogenated alkanes) is 2. The number of aryl methyl sites for hydroxylation is 2. The minimum atomic E-state index is 0.0437. The Kier molecular flexibility index (Phi) is 7.63. The molecule has 0 atom stereocenters. The van der Waals surface area contributed by atoms with Gasteiger partial charge in [-0.1, -0.05) is 24.6 Å². The number of nitrogens with zero attached hydrogens (tertiary/aromatic N) is 1. The van der Waals surface area contributed by atoms with Crippen molar-refractivity contribution in [2.75, 3.05) is 31.3 Å². The Balaban J connectivity index is 2.39. The van der Waals surface area contributed by atoms with Crippen LogP contribution in [0.25, 0.3) is 0 Å². The maximum absolute atomic E-state index is 12.0. The quantitative estimate of drug-likeness (QED) is 0.587. The molecular weight excluding hydrogens is 272 g/mol. The van der Waals surface area contributed by atoms with Crippen LogP contribution in [0.2, 0.25) is 0 Å². The summed E-state index contributed by atoms with van der Waals surface area (Å²) in [5, 5.41) is 3.01. The summed E-state index contributed by atoms with van der Waals surface area (Å²) in [5.74, 6) is 0.763. The van der Waals surface area contributed by atoms with E-state index in [2.05, 4.69) is 10.2 Å². The fourth-order valence-corrected chi connectivity index (χ4v) is 2.36. The SMILES string of the molecule is Cc1cccc(C)c1NC(=O)CN(C)CCCCCCl. The van der Waals surface area contributed by atoms with Crippen LogP contribution in [-0.2, 0) is 4.79 Å². The summed E-state index contributed by atoms with van der Waals surface area (Å²) in [6, 6.07) is 6.03. The average Bonchev–Trinajstić information content (AvgIpc) is 2.39. The van der Waals surface area contributed by atoms with Crippen molar-refractivity contribution in [3.05, 3.63) is 29.3 Å². The Bertz CT molecular complexity index is 414. The third-order valence-corrected chi connectivity index (χ3v) is 3.60. The van der Waals surface area contributed by atoms with Gasteiger partial charge in [-0.05, 0) is 51.4 Å². The van der Waals surface area contributed by atoms with Gasteiger partial charge < -0.3 is 5.32 Å². The molecule has 112 valence electrons. The molecule has 0 saturated carbocycles. The van der Waals surface area contributed by atoms with E-state index in [-0.39, 0.29) is 5.91 Å². The number of anilines is 1. The highest BCUT2D eigenvalue weighted by molar-refractivity contribution is 6.17. The number of nitrogens with one attached hydrogen (secondary N) is 1. The van der Waals surface area contributed by atoms with E-state index in [1.165, 1.54) is 0 Å². The third kappa shape index (κ3) is 5.93. The number of rotatable bonds is 8. The van der Waals surface area contributed by atoms with Crippen molar-refractivity contribution in [1.29, 1.82) is 0 Å². The van der Waals surface area contributed by atoms with Gasteiger partial charge in [0.2, 0.25) is 5.91 Å². The zero-order valence-electron chi connectivity index (χ0n) is 12.7. The molecule has 0 saturated heterocycles. The van der Waals surface area contributed by atoms with Crippen LogP contribution < -0.4 is 5.32 Å². The molecule has 0 aliphatic carbocycles. The highest BCUT2D eigenvalue weighted by atomic mass is 35.5. The van der Waals surface area contributed by atoms with Crippen LogP contribution in [0.3, 0.4) is 0 Å². The molecule has 0 aromatic heterocycles. The van der Waals surface area contributed by atoms with Gasteiger partial charge in [-0.2, -0.15) is 0 Å². The summed E-state index contributed by atoms with van der Waals surface area (Å²) in [5.41, 5.74) is 3.14. The number of likely N-dealkylation sites (N-methyl/N-ethyl adjacent to an activating group) is 1. The van der Waals surface area contributed by atoms with Gasteiger partial charge >= 0.3 is 0 Å². The van der Waals surface area contributed by atoms with Crippen LogP contribution in [0.4, 0.5) is 5.69 Å². The van der Waals surface area contributed by atoms with Crippen LogP contribution >= 0.6 is 11.6 Å². The van der Waals surface area contributed by atoms with E-state index in [1.54, 1.807) is 0 Å². The van der Waals surface area contributed by atoms with Crippen LogP contribution in [0.15, 0.2) is 18.2 Å². The molecule has 0 unspecified atom stereocenters. The van der Waals surface area contributed by atoms with Gasteiger partial charge in [-0.15, -0.1) is 11.6 Å². The molecular formula is C16H25ClN2O. The van der Waals surface area contributed by atoms with Gasteiger partial charge in [-0.3, -0.25) is 9.69 Å². The Morgan fingerprint density at radius 1 is 1.20 bits per heavy atom. The zero-order valence-corrected chi connectivity index (χ0v) is 13.5. The number of hydrogen-bond donors (Lipinski definition) is 1. The van der Waals surface area contributed by atoms with E-state index >= 15 is 0 Å². The summed E-state index contributed by atoms with van der Waals surface area (Å²) in [6.07, 6.45) is 3.25. The van der Waals surface area contributed by atoms with Crippen molar-refractivity contribution in [3.8, 4) is 0 Å². The van der Waals surface area contributed by atoms with Crippen LogP contribution in [0.1, 0.15) is 30.4 Å². The Morgan fingerprint density at radius 2 is 1.85 bits per heavy atom. The lowest BCUT2D eigenvalue weighted by Crippen LogP contribution is -2.31. The molecule has 0 heterocycles. The van der Waals surface area contributed by atoms with Gasteiger partial charge in [0.25, 0.3) is 0 Å². The van der Waals surface area contributed by atoms with E-state index in [0.717, 1.165) is 48.5 Å². The molecule has 0 bridgehead atoms. The summed E-state index contributed by atoms with van der Waals surface area (Å²) in [4.78, 5) is 14.1. The van der Waals surface area contributed by atoms with Gasteiger partial charge in [-0.25, -0.2) is 0 Å². The summed E-state index contributed by atoms with van der Waals surface area (Å²) in [7, 11) is 1.98. The molecule has 1 rings (SSSR count). The standard InChI is InChI=1S/C16H25ClN2O/c1-13-8-7-9-14(2)16(13)18-15(20)12-19(3)11-6-4-5-10-17/h7-9H,4-6,10-12H2,1-3H3,(H,18,20). The van der Waals surface area contributed by atoms with Crippen molar-refractivity contribution in [2.45, 2.75) is 33.1 Å². The van der Waals surface area contributed by atoms with E-state index in [0.29, 0.717) is 6.54 Å². The molecule has 4 heteroatoms. The second-order valence-electron chi connectivity index (χ2n) is 5.30. The highest BCUT2D eigenvalue weighted by Crippen LogP contribution is 2.19. The predicted molar refractivity (Wildman–Crippen MR) is 86.6 cm³/mol. The van der Waals surface area contributed by atoms with E-state index in [4.69, 9.17) is 11.6 Å². The van der Waals surface area contributed by atoms with Crippen molar-refractivity contribution < 1.29 is 4.79 Å². The number of para-hydroxylation sites is 1. The van der Waals surface area contributed by atoms with Crippen molar-refractivity contribution in [1.82, 2.24) is 4.90 Å². The van der Waals surface area contributed by atoms with Gasteiger partial charge in [0.1, 0.15) is 0 Å². The monoisotopic (exact) mass is 296 g/mol. The van der Waals surface area contributed by atoms with Crippen molar-refractivity contribution in [2.24, 2.45) is 0 Å². The molecule has 3 nitrogen and oxygen atoms in total. The summed E-state index contributed by atoms with van der Waals surface area (Å²) in [6.45, 7) is 5.38. The fraction of sp³-hybridized carbons (Fsp3) is 0.562. The largest absolute Gasteiger partial charge is 0.324 e. The first-order chi connectivity index (χ1) is 9.54. The predicted octanol–water partition coefficient (Wildman–Crippen LogP) is 3.58. The molecule has 0 aliphatic rings. The van der Waals surface area contributed by atoms with E-state index in [1.807, 2.05) is 39.1 Å². The Hall–Kier alpha value is -1.06. The zero-order chi connectivity index (χ0) is 15.0. The number of hydrogen-bond acceptors (Lipinski definition) is 2. The summed E-state index contributed by atoms with van der Waals surface area (Å²) >= 11 is 5.64. The highest BCUT2D eigenvalue weighted by Gasteiger charge is 2.09. The van der Waals surface area contributed by atoms with E-state index in [9.17, 15) is 4.79 Å². The minimum absolute atomic E-state index is 0.0437. The van der Waals surface area contributed by atoms with Crippen LogP contribution in [-0.4, -0.2) is 36.8 Å². The third-order valence-electron chi connectivity index (χ3n) is 3.33. The first-order valence-corrected chi connectivity index (χ1v) is 7.68. The second kappa shape index (κ2) is 8.98. The Labute approximate surface area is 127 Å². The maximum atomic E-state index is 12.0. The first kappa shape index (κ1) is 17.0. The fourth-order valence-electron chi connectivity index (χ4n) is 2.17. The van der Waals surface area contributed by atoms with Crippen molar-refractivity contribution >= 4 is 23.2 Å². The lowest BCUT2D eigenvalue weighted by molar-refractivity contribution is -0.117. The molecule has 0 aliphatic heterocycles. The number of benzene rings is 1. The maximum Gasteiger partial charge on any atom is 0.238 e. The summed E-state index contributed by atoms with van der Waals surface area (Å²) < 4.78 is 0. The molecule has 1 amide bonds. The lowest BCUT2D eigenvalue weighted by atomic mass is 10.1. The van der Waals surface area contributed by atoms with Crippen molar-refractivity contribution in [3.63, 3.8) is 0 Å². The topological polar surface area (TPSA) is 32.3 Å². The molecule has 1 aromatic rings. The smallest absolute Gasteiger partial charge is 0.238 e. The normalized spacial score (nSPS) is 10.8. The lowest BCUT2D eigenvalue weighted by Gasteiger charge is -2.17. The van der Waals surface area contributed by atoms with Gasteiger partial charge in [0, 0.05) is 11.6 Å². The number of amides is 1. The number of alkyl halides is 1. The van der Waals surface area contributed by atoms with Gasteiger partial charge in [0.05, 0.1) is 6.54 Å². The molecule has 1 N–H and O–H groups in total. The average molecular weight is 297 g/mol. The molecule has 1 aromatic carbocycles. The number of carbonyl (C=O) groups excluding carboxylic acids is 1.